The van der Waals surface area contributed by atoms with Crippen LogP contribution in [0.15, 0.2) is 12.1 Å². The first kappa shape index (κ1) is 13.4. The zero-order chi connectivity index (χ0) is 14.4. The number of carboxylic acid groups (broad SMARTS) is 1. The summed E-state index contributed by atoms with van der Waals surface area (Å²) in [5.74, 6) is 0.672. The van der Waals surface area contributed by atoms with Crippen LogP contribution in [0.3, 0.4) is 0 Å². The third-order valence-electron chi connectivity index (χ3n) is 6.09. The summed E-state index contributed by atoms with van der Waals surface area (Å²) in [5, 5.41) is 11.8. The SMILES string of the molecule is O=C([O-])c1c(C2CCC2)cc(C2CCC2)cc1C1CCC1. The molecule has 0 aromatic heterocycles. The van der Waals surface area contributed by atoms with Gasteiger partial charge in [0.05, 0.1) is 5.97 Å². The maximum Gasteiger partial charge on any atom is 0.0721 e. The fraction of sp³-hybridized carbons (Fsp3) is 0.632. The summed E-state index contributed by atoms with van der Waals surface area (Å²) >= 11 is 0. The number of benzene rings is 1. The maximum atomic E-state index is 11.8. The van der Waals surface area contributed by atoms with E-state index in [1.807, 2.05) is 0 Å². The second kappa shape index (κ2) is 5.15. The van der Waals surface area contributed by atoms with Gasteiger partial charge in [0.25, 0.3) is 0 Å². The highest BCUT2D eigenvalue weighted by Gasteiger charge is 2.31. The van der Waals surface area contributed by atoms with Crippen molar-refractivity contribution in [2.45, 2.75) is 75.5 Å². The normalized spacial score (nSPS) is 23.2. The first-order chi connectivity index (χ1) is 10.2. The fourth-order valence-electron chi connectivity index (χ4n) is 4.01. The Balaban J connectivity index is 1.82. The van der Waals surface area contributed by atoms with E-state index in [0.29, 0.717) is 23.3 Å². The maximum absolute atomic E-state index is 11.8. The van der Waals surface area contributed by atoms with Gasteiger partial charge >= 0.3 is 0 Å². The molecule has 0 spiro atoms. The Hall–Kier alpha value is -1.31. The molecule has 0 N–H and O–H groups in total. The molecule has 2 nitrogen and oxygen atoms in total. The van der Waals surface area contributed by atoms with Crippen LogP contribution in [0.4, 0.5) is 0 Å². The Labute approximate surface area is 126 Å². The number of carbonyl (C=O) groups excluding carboxylic acids is 1. The number of hydrogen-bond acceptors (Lipinski definition) is 2. The lowest BCUT2D eigenvalue weighted by molar-refractivity contribution is -0.255. The average Bonchev–Trinajstić information content (AvgIpc) is 2.20. The third-order valence-corrected chi connectivity index (χ3v) is 6.09. The van der Waals surface area contributed by atoms with Gasteiger partial charge in [-0.25, -0.2) is 0 Å². The van der Waals surface area contributed by atoms with Gasteiger partial charge in [0.15, 0.2) is 0 Å². The smallest absolute Gasteiger partial charge is 0.0721 e. The van der Waals surface area contributed by atoms with Crippen molar-refractivity contribution in [3.05, 3.63) is 34.4 Å². The summed E-state index contributed by atoms with van der Waals surface area (Å²) < 4.78 is 0. The van der Waals surface area contributed by atoms with E-state index in [-0.39, 0.29) is 0 Å². The van der Waals surface area contributed by atoms with E-state index < -0.39 is 5.97 Å². The number of rotatable bonds is 4. The molecule has 1 aromatic rings. The molecule has 0 bridgehead atoms. The van der Waals surface area contributed by atoms with Gasteiger partial charge in [-0.15, -0.1) is 0 Å². The van der Waals surface area contributed by atoms with Crippen molar-refractivity contribution >= 4 is 5.97 Å². The van der Waals surface area contributed by atoms with Crippen LogP contribution in [0.5, 0.6) is 0 Å². The predicted octanol–water partition coefficient (Wildman–Crippen LogP) is 3.85. The molecule has 112 valence electrons. The molecule has 3 aliphatic carbocycles. The molecule has 3 saturated carbocycles. The van der Waals surface area contributed by atoms with Crippen molar-refractivity contribution in [1.29, 1.82) is 0 Å². The minimum atomic E-state index is -0.945. The fourth-order valence-corrected chi connectivity index (χ4v) is 4.01. The van der Waals surface area contributed by atoms with E-state index in [0.717, 1.165) is 36.8 Å². The average molecular weight is 283 g/mol. The summed E-state index contributed by atoms with van der Waals surface area (Å²) in [6.45, 7) is 0. The van der Waals surface area contributed by atoms with Crippen molar-refractivity contribution in [3.8, 4) is 0 Å². The first-order valence-corrected chi connectivity index (χ1v) is 8.63. The van der Waals surface area contributed by atoms with Crippen LogP contribution in [-0.4, -0.2) is 5.97 Å². The number of carbonyl (C=O) groups is 1. The Bertz CT molecular complexity index is 528. The van der Waals surface area contributed by atoms with Crippen LogP contribution in [-0.2, 0) is 0 Å². The van der Waals surface area contributed by atoms with E-state index in [1.165, 1.54) is 37.7 Å². The number of hydrogen-bond donors (Lipinski definition) is 0. The molecular weight excluding hydrogens is 260 g/mol. The first-order valence-electron chi connectivity index (χ1n) is 8.63. The second-order valence-corrected chi connectivity index (χ2v) is 7.25. The van der Waals surface area contributed by atoms with Gasteiger partial charge in [-0.1, -0.05) is 31.4 Å². The molecule has 0 aliphatic heterocycles. The molecule has 0 amide bonds. The molecule has 0 radical (unpaired) electrons. The van der Waals surface area contributed by atoms with Crippen LogP contribution in [0, 0.1) is 0 Å². The quantitative estimate of drug-likeness (QED) is 0.842. The minimum absolute atomic E-state index is 0.469. The minimum Gasteiger partial charge on any atom is -0.545 e. The summed E-state index contributed by atoms with van der Waals surface area (Å²) in [4.78, 5) is 11.8. The van der Waals surface area contributed by atoms with E-state index in [2.05, 4.69) is 12.1 Å². The Morgan fingerprint density at radius 3 is 1.52 bits per heavy atom. The highest BCUT2D eigenvalue weighted by Crippen LogP contribution is 2.47. The lowest BCUT2D eigenvalue weighted by atomic mass is 9.69. The summed E-state index contributed by atoms with van der Waals surface area (Å²) in [7, 11) is 0. The van der Waals surface area contributed by atoms with Gasteiger partial charge in [0.2, 0.25) is 0 Å². The van der Waals surface area contributed by atoms with Gasteiger partial charge in [0, 0.05) is 5.56 Å². The lowest BCUT2D eigenvalue weighted by Gasteiger charge is -2.36. The molecule has 0 unspecified atom stereocenters. The summed E-state index contributed by atoms with van der Waals surface area (Å²) in [6, 6.07) is 4.45. The molecule has 0 atom stereocenters. The molecule has 0 heterocycles. The van der Waals surface area contributed by atoms with Crippen molar-refractivity contribution in [3.63, 3.8) is 0 Å². The zero-order valence-electron chi connectivity index (χ0n) is 12.6. The molecule has 3 fully saturated rings. The molecule has 0 saturated heterocycles. The molecule has 1 aromatic carbocycles. The number of carboxylic acids is 1. The zero-order valence-corrected chi connectivity index (χ0v) is 12.6. The Kier molecular flexibility index (Phi) is 3.28. The highest BCUT2D eigenvalue weighted by atomic mass is 16.4. The topological polar surface area (TPSA) is 40.1 Å². The third kappa shape index (κ3) is 2.20. The van der Waals surface area contributed by atoms with Gasteiger partial charge in [-0.3, -0.25) is 0 Å². The van der Waals surface area contributed by atoms with Gasteiger partial charge in [0.1, 0.15) is 0 Å². The molecule has 4 rings (SSSR count). The molecular formula is C19H23O2-. The molecule has 3 aliphatic rings. The second-order valence-electron chi connectivity index (χ2n) is 7.25. The number of aromatic carboxylic acids is 1. The Morgan fingerprint density at radius 1 is 0.810 bits per heavy atom. The van der Waals surface area contributed by atoms with E-state index in [4.69, 9.17) is 0 Å². The predicted molar refractivity (Wildman–Crippen MR) is 80.5 cm³/mol. The van der Waals surface area contributed by atoms with E-state index in [9.17, 15) is 9.90 Å². The van der Waals surface area contributed by atoms with Gasteiger partial charge < -0.3 is 9.90 Å². The van der Waals surface area contributed by atoms with Crippen LogP contribution >= 0.6 is 0 Å². The van der Waals surface area contributed by atoms with Crippen molar-refractivity contribution in [2.24, 2.45) is 0 Å². The van der Waals surface area contributed by atoms with Gasteiger partial charge in [-0.05, 0) is 73.0 Å². The molecule has 2 heteroatoms. The lowest BCUT2D eigenvalue weighted by Crippen LogP contribution is -2.29. The van der Waals surface area contributed by atoms with Crippen LogP contribution in [0.25, 0.3) is 0 Å². The Morgan fingerprint density at radius 2 is 1.24 bits per heavy atom. The van der Waals surface area contributed by atoms with E-state index >= 15 is 0 Å². The van der Waals surface area contributed by atoms with Crippen molar-refractivity contribution < 1.29 is 9.90 Å². The largest absolute Gasteiger partial charge is 0.545 e. The van der Waals surface area contributed by atoms with Crippen molar-refractivity contribution in [1.82, 2.24) is 0 Å². The monoisotopic (exact) mass is 283 g/mol. The van der Waals surface area contributed by atoms with Gasteiger partial charge in [-0.2, -0.15) is 0 Å². The van der Waals surface area contributed by atoms with Crippen LogP contribution in [0.1, 0.15) is 103 Å². The van der Waals surface area contributed by atoms with E-state index in [1.54, 1.807) is 0 Å². The molecule has 21 heavy (non-hydrogen) atoms. The summed E-state index contributed by atoms with van der Waals surface area (Å²) in [6.07, 6.45) is 11.0. The highest BCUT2D eigenvalue weighted by molar-refractivity contribution is 5.90. The van der Waals surface area contributed by atoms with Crippen molar-refractivity contribution in [2.75, 3.05) is 0 Å². The van der Waals surface area contributed by atoms with Crippen LogP contribution in [0.2, 0.25) is 0 Å². The summed E-state index contributed by atoms with van der Waals surface area (Å²) in [5.41, 5.74) is 4.18. The standard InChI is InChI=1S/C19H24O2/c20-19(21)18-16(13-6-2-7-13)10-15(12-4-1-5-12)11-17(18)14-8-3-9-14/h10-14H,1-9H2,(H,20,21)/p-1. The van der Waals surface area contributed by atoms with Crippen LogP contribution < -0.4 is 5.11 Å².